The Bertz CT molecular complexity index is 435. The van der Waals surface area contributed by atoms with E-state index in [4.69, 9.17) is 0 Å². The Balaban J connectivity index is 2.14. The lowest BCUT2D eigenvalue weighted by molar-refractivity contribution is 0.0437. The predicted molar refractivity (Wildman–Crippen MR) is 81.5 cm³/mol. The van der Waals surface area contributed by atoms with Gasteiger partial charge in [-0.05, 0) is 33.6 Å². The van der Waals surface area contributed by atoms with Crippen LogP contribution in [0.2, 0.25) is 0 Å². The summed E-state index contributed by atoms with van der Waals surface area (Å²) < 4.78 is 2.03. The largest absolute Gasteiger partial charge is 0.311 e. The highest BCUT2D eigenvalue weighted by molar-refractivity contribution is 4.97. The molecule has 1 aromatic rings. The second-order valence-corrected chi connectivity index (χ2v) is 7.14. The molecule has 1 fully saturated rings. The van der Waals surface area contributed by atoms with E-state index in [1.807, 2.05) is 4.68 Å². The van der Waals surface area contributed by atoms with Crippen LogP contribution in [0.25, 0.3) is 0 Å². The molecule has 1 N–H and O–H groups in total. The van der Waals surface area contributed by atoms with Crippen LogP contribution in [-0.4, -0.2) is 44.3 Å². The molecule has 1 atom stereocenters. The first-order chi connectivity index (χ1) is 9.31. The zero-order valence-electron chi connectivity index (χ0n) is 13.7. The minimum absolute atomic E-state index is 0.152. The maximum absolute atomic E-state index is 4.46. The van der Waals surface area contributed by atoms with E-state index in [0.29, 0.717) is 18.0 Å². The molecule has 0 saturated carbocycles. The third-order valence-corrected chi connectivity index (χ3v) is 4.34. The molecule has 2 rings (SSSR count). The number of piperazine rings is 1. The van der Waals surface area contributed by atoms with Crippen molar-refractivity contribution in [2.45, 2.75) is 65.7 Å². The van der Waals surface area contributed by atoms with Gasteiger partial charge in [-0.1, -0.05) is 13.8 Å². The summed E-state index contributed by atoms with van der Waals surface area (Å²) in [6, 6.07) is 0.915. The van der Waals surface area contributed by atoms with Crippen LogP contribution in [0.15, 0.2) is 6.33 Å². The number of hydrogen-bond acceptors (Lipinski definition) is 4. The summed E-state index contributed by atoms with van der Waals surface area (Å²) in [5, 5.41) is 8.02. The fourth-order valence-electron chi connectivity index (χ4n) is 2.76. The zero-order valence-corrected chi connectivity index (χ0v) is 13.7. The number of rotatable bonds is 4. The molecule has 20 heavy (non-hydrogen) atoms. The Morgan fingerprint density at radius 2 is 2.05 bits per heavy atom. The summed E-state index contributed by atoms with van der Waals surface area (Å²) in [6.45, 7) is 16.4. The number of hydrogen-bond donors (Lipinski definition) is 1. The SMILES string of the molecule is CC(C)C1CN(Cc2ncnn2C(C)C)C(C)(C)CN1. The molecule has 0 aromatic carbocycles. The molecule has 1 aromatic heterocycles. The average molecular weight is 279 g/mol. The second-order valence-electron chi connectivity index (χ2n) is 7.14. The van der Waals surface area contributed by atoms with E-state index in [2.05, 4.69) is 61.8 Å². The Labute approximate surface area is 122 Å². The van der Waals surface area contributed by atoms with Gasteiger partial charge < -0.3 is 5.32 Å². The molecule has 0 bridgehead atoms. The summed E-state index contributed by atoms with van der Waals surface area (Å²) in [5.74, 6) is 1.72. The van der Waals surface area contributed by atoms with E-state index in [1.54, 1.807) is 6.33 Å². The Hall–Kier alpha value is -0.940. The monoisotopic (exact) mass is 279 g/mol. The summed E-state index contributed by atoms with van der Waals surface area (Å²) in [7, 11) is 0. The van der Waals surface area contributed by atoms with E-state index >= 15 is 0 Å². The van der Waals surface area contributed by atoms with E-state index in [1.165, 1.54) is 0 Å². The Kier molecular flexibility index (Phi) is 4.49. The molecule has 0 radical (unpaired) electrons. The van der Waals surface area contributed by atoms with E-state index < -0.39 is 0 Å². The first-order valence-electron chi connectivity index (χ1n) is 7.68. The standard InChI is InChI=1S/C15H29N5/c1-11(2)13-7-19(15(5,6)9-16-13)8-14-17-10-18-20(14)12(3)4/h10-13,16H,7-9H2,1-6H3. The maximum atomic E-state index is 4.46. The quantitative estimate of drug-likeness (QED) is 0.916. The van der Waals surface area contributed by atoms with Crippen LogP contribution in [-0.2, 0) is 6.54 Å². The van der Waals surface area contributed by atoms with Crippen LogP contribution < -0.4 is 5.32 Å². The van der Waals surface area contributed by atoms with Gasteiger partial charge in [0.15, 0.2) is 0 Å². The molecule has 0 amide bonds. The van der Waals surface area contributed by atoms with Crippen LogP contribution in [0.3, 0.4) is 0 Å². The lowest BCUT2D eigenvalue weighted by Gasteiger charge is -2.47. The Morgan fingerprint density at radius 1 is 1.35 bits per heavy atom. The predicted octanol–water partition coefficient (Wildman–Crippen LogP) is 2.07. The van der Waals surface area contributed by atoms with E-state index in [0.717, 1.165) is 25.5 Å². The van der Waals surface area contributed by atoms with Gasteiger partial charge in [-0.15, -0.1) is 0 Å². The van der Waals surface area contributed by atoms with Gasteiger partial charge in [-0.2, -0.15) is 5.10 Å². The van der Waals surface area contributed by atoms with Crippen molar-refractivity contribution in [3.63, 3.8) is 0 Å². The molecular weight excluding hydrogens is 250 g/mol. The van der Waals surface area contributed by atoms with Gasteiger partial charge >= 0.3 is 0 Å². The van der Waals surface area contributed by atoms with Crippen LogP contribution in [0.5, 0.6) is 0 Å². The van der Waals surface area contributed by atoms with Crippen molar-refractivity contribution in [1.29, 1.82) is 0 Å². The maximum Gasteiger partial charge on any atom is 0.141 e. The normalized spacial score (nSPS) is 23.7. The number of nitrogens with zero attached hydrogens (tertiary/aromatic N) is 4. The van der Waals surface area contributed by atoms with Crippen LogP contribution in [0.4, 0.5) is 0 Å². The van der Waals surface area contributed by atoms with E-state index in [-0.39, 0.29) is 5.54 Å². The molecule has 1 unspecified atom stereocenters. The van der Waals surface area contributed by atoms with Gasteiger partial charge in [0.1, 0.15) is 12.2 Å². The molecular formula is C15H29N5. The lowest BCUT2D eigenvalue weighted by Crippen LogP contribution is -2.62. The molecule has 5 nitrogen and oxygen atoms in total. The van der Waals surface area contributed by atoms with Crippen molar-refractivity contribution < 1.29 is 0 Å². The van der Waals surface area contributed by atoms with Crippen LogP contribution >= 0.6 is 0 Å². The first kappa shape index (κ1) is 15.4. The third-order valence-electron chi connectivity index (χ3n) is 4.34. The highest BCUT2D eigenvalue weighted by Crippen LogP contribution is 2.23. The van der Waals surface area contributed by atoms with Crippen molar-refractivity contribution in [1.82, 2.24) is 25.0 Å². The molecule has 1 saturated heterocycles. The average Bonchev–Trinajstić information content (AvgIpc) is 2.79. The number of nitrogens with one attached hydrogen (secondary N) is 1. The molecule has 114 valence electrons. The molecule has 5 heteroatoms. The summed E-state index contributed by atoms with van der Waals surface area (Å²) in [4.78, 5) is 7.00. The second kappa shape index (κ2) is 5.82. The summed E-state index contributed by atoms with van der Waals surface area (Å²) in [6.07, 6.45) is 1.67. The first-order valence-corrected chi connectivity index (χ1v) is 7.68. The zero-order chi connectivity index (χ0) is 14.9. The summed E-state index contributed by atoms with van der Waals surface area (Å²) in [5.41, 5.74) is 0.152. The smallest absolute Gasteiger partial charge is 0.141 e. The summed E-state index contributed by atoms with van der Waals surface area (Å²) >= 11 is 0. The van der Waals surface area contributed by atoms with Crippen molar-refractivity contribution in [2.75, 3.05) is 13.1 Å². The Morgan fingerprint density at radius 3 is 2.65 bits per heavy atom. The van der Waals surface area contributed by atoms with Gasteiger partial charge in [0.2, 0.25) is 0 Å². The number of aromatic nitrogens is 3. The van der Waals surface area contributed by atoms with Crippen LogP contribution in [0.1, 0.15) is 53.4 Å². The minimum atomic E-state index is 0.152. The van der Waals surface area contributed by atoms with Gasteiger partial charge in [0, 0.05) is 30.7 Å². The highest BCUT2D eigenvalue weighted by Gasteiger charge is 2.35. The van der Waals surface area contributed by atoms with Gasteiger partial charge in [0.05, 0.1) is 6.54 Å². The van der Waals surface area contributed by atoms with Crippen molar-refractivity contribution >= 4 is 0 Å². The van der Waals surface area contributed by atoms with Crippen molar-refractivity contribution in [2.24, 2.45) is 5.92 Å². The molecule has 0 aliphatic carbocycles. The van der Waals surface area contributed by atoms with Gasteiger partial charge in [-0.3, -0.25) is 4.90 Å². The third kappa shape index (κ3) is 3.20. The van der Waals surface area contributed by atoms with E-state index in [9.17, 15) is 0 Å². The molecule has 1 aliphatic rings. The van der Waals surface area contributed by atoms with Crippen molar-refractivity contribution in [3.8, 4) is 0 Å². The van der Waals surface area contributed by atoms with Crippen molar-refractivity contribution in [3.05, 3.63) is 12.2 Å². The highest BCUT2D eigenvalue weighted by atomic mass is 15.4. The molecule has 0 spiro atoms. The minimum Gasteiger partial charge on any atom is -0.311 e. The lowest BCUT2D eigenvalue weighted by atomic mass is 9.93. The van der Waals surface area contributed by atoms with Gasteiger partial charge in [0.25, 0.3) is 0 Å². The topological polar surface area (TPSA) is 46.0 Å². The molecule has 1 aliphatic heterocycles. The fraction of sp³-hybridized carbons (Fsp3) is 0.867. The van der Waals surface area contributed by atoms with Gasteiger partial charge in [-0.25, -0.2) is 9.67 Å². The van der Waals surface area contributed by atoms with Crippen LogP contribution in [0, 0.1) is 5.92 Å². The molecule has 2 heterocycles. The fourth-order valence-corrected chi connectivity index (χ4v) is 2.76.